The average molecular weight is 289 g/mol. The van der Waals surface area contributed by atoms with Crippen LogP contribution in [0.2, 0.25) is 0 Å². The second-order valence-corrected chi connectivity index (χ2v) is 4.90. The lowest BCUT2D eigenvalue weighted by molar-refractivity contribution is 0.309. The molecule has 0 aliphatic heterocycles. The van der Waals surface area contributed by atoms with Gasteiger partial charge in [0.25, 0.3) is 0 Å². The Morgan fingerprint density at radius 1 is 1.10 bits per heavy atom. The van der Waals surface area contributed by atoms with Gasteiger partial charge in [-0.05, 0) is 43.7 Å². The van der Waals surface area contributed by atoms with Crippen LogP contribution in [-0.2, 0) is 6.54 Å². The molecule has 1 N–H and O–H groups in total. The van der Waals surface area contributed by atoms with Crippen molar-refractivity contribution in [3.63, 3.8) is 0 Å². The molecule has 1 aromatic carbocycles. The smallest absolute Gasteiger partial charge is 0.247 e. The number of benzene rings is 1. The minimum absolute atomic E-state index is 0.545. The fraction of sp³-hybridized carbons (Fsp3) is 0.500. The zero-order valence-corrected chi connectivity index (χ0v) is 12.8. The van der Waals surface area contributed by atoms with Gasteiger partial charge in [-0.1, -0.05) is 20.3 Å². The predicted octanol–water partition coefficient (Wildman–Crippen LogP) is 3.42. The van der Waals surface area contributed by atoms with Gasteiger partial charge in [0.1, 0.15) is 5.75 Å². The quantitative estimate of drug-likeness (QED) is 0.717. The first-order chi connectivity index (χ1) is 10.3. The zero-order valence-electron chi connectivity index (χ0n) is 12.8. The third-order valence-electron chi connectivity index (χ3n) is 3.04. The van der Waals surface area contributed by atoms with Crippen LogP contribution in [0.1, 0.15) is 39.0 Å². The molecule has 0 spiro atoms. The SMILES string of the molecule is CCCCOc1ccc(-c2nnc(CNCCC)o2)cc1. The van der Waals surface area contributed by atoms with E-state index < -0.39 is 0 Å². The van der Waals surface area contributed by atoms with E-state index in [0.717, 1.165) is 43.7 Å². The second-order valence-electron chi connectivity index (χ2n) is 4.90. The largest absolute Gasteiger partial charge is 0.494 e. The molecule has 2 rings (SSSR count). The van der Waals surface area contributed by atoms with Crippen molar-refractivity contribution in [1.29, 1.82) is 0 Å². The monoisotopic (exact) mass is 289 g/mol. The van der Waals surface area contributed by atoms with Crippen LogP contribution in [0.15, 0.2) is 28.7 Å². The predicted molar refractivity (Wildman–Crippen MR) is 82.1 cm³/mol. The molecular weight excluding hydrogens is 266 g/mol. The highest BCUT2D eigenvalue weighted by Gasteiger charge is 2.08. The molecule has 0 aliphatic carbocycles. The van der Waals surface area contributed by atoms with Gasteiger partial charge in [0, 0.05) is 5.56 Å². The highest BCUT2D eigenvalue weighted by Crippen LogP contribution is 2.21. The highest BCUT2D eigenvalue weighted by molar-refractivity contribution is 5.53. The molecular formula is C16H23N3O2. The molecule has 1 aromatic heterocycles. The van der Waals surface area contributed by atoms with Gasteiger partial charge in [0.2, 0.25) is 11.8 Å². The van der Waals surface area contributed by atoms with Crippen LogP contribution in [0.25, 0.3) is 11.5 Å². The van der Waals surface area contributed by atoms with Crippen LogP contribution in [0.3, 0.4) is 0 Å². The number of rotatable bonds is 9. The summed E-state index contributed by atoms with van der Waals surface area (Å²) in [7, 11) is 0. The lowest BCUT2D eigenvalue weighted by Gasteiger charge is -2.05. The maximum atomic E-state index is 5.63. The summed E-state index contributed by atoms with van der Waals surface area (Å²) >= 11 is 0. The first kappa shape index (κ1) is 15.5. The minimum Gasteiger partial charge on any atom is -0.494 e. The average Bonchev–Trinajstić information content (AvgIpc) is 2.97. The summed E-state index contributed by atoms with van der Waals surface area (Å²) in [5.41, 5.74) is 0.909. The van der Waals surface area contributed by atoms with Gasteiger partial charge in [-0.25, -0.2) is 0 Å². The number of ether oxygens (including phenoxy) is 1. The highest BCUT2D eigenvalue weighted by atomic mass is 16.5. The van der Waals surface area contributed by atoms with Gasteiger partial charge in [-0.3, -0.25) is 0 Å². The Labute approximate surface area is 125 Å². The fourth-order valence-electron chi connectivity index (χ4n) is 1.84. The maximum absolute atomic E-state index is 5.63. The van der Waals surface area contributed by atoms with E-state index in [9.17, 15) is 0 Å². The zero-order chi connectivity index (χ0) is 14.9. The summed E-state index contributed by atoms with van der Waals surface area (Å²) in [4.78, 5) is 0. The van der Waals surface area contributed by atoms with Crippen molar-refractivity contribution in [2.45, 2.75) is 39.7 Å². The first-order valence-electron chi connectivity index (χ1n) is 7.59. The van der Waals surface area contributed by atoms with Crippen molar-refractivity contribution in [2.75, 3.05) is 13.2 Å². The summed E-state index contributed by atoms with van der Waals surface area (Å²) in [5, 5.41) is 11.3. The van der Waals surface area contributed by atoms with E-state index in [1.54, 1.807) is 0 Å². The summed E-state index contributed by atoms with van der Waals surface area (Å²) in [6.45, 7) is 6.58. The van der Waals surface area contributed by atoms with Crippen LogP contribution in [0, 0.1) is 0 Å². The molecule has 114 valence electrons. The van der Waals surface area contributed by atoms with Crippen molar-refractivity contribution >= 4 is 0 Å². The van der Waals surface area contributed by atoms with Crippen LogP contribution >= 0.6 is 0 Å². The van der Waals surface area contributed by atoms with Crippen LogP contribution < -0.4 is 10.1 Å². The van der Waals surface area contributed by atoms with Gasteiger partial charge in [-0.2, -0.15) is 0 Å². The second kappa shape index (κ2) is 8.42. The molecule has 0 saturated heterocycles. The number of aromatic nitrogens is 2. The molecule has 0 unspecified atom stereocenters. The normalized spacial score (nSPS) is 10.8. The van der Waals surface area contributed by atoms with E-state index in [1.807, 2.05) is 24.3 Å². The van der Waals surface area contributed by atoms with E-state index in [-0.39, 0.29) is 0 Å². The Bertz CT molecular complexity index is 523. The molecule has 0 fully saturated rings. The number of unbranched alkanes of at least 4 members (excludes halogenated alkanes) is 1. The summed E-state index contributed by atoms with van der Waals surface area (Å²) < 4.78 is 11.3. The Balaban J connectivity index is 1.92. The Morgan fingerprint density at radius 3 is 2.62 bits per heavy atom. The van der Waals surface area contributed by atoms with Gasteiger partial charge in [0.15, 0.2) is 0 Å². The maximum Gasteiger partial charge on any atom is 0.247 e. The molecule has 5 nitrogen and oxygen atoms in total. The molecule has 21 heavy (non-hydrogen) atoms. The molecule has 2 aromatic rings. The van der Waals surface area contributed by atoms with Gasteiger partial charge in [-0.15, -0.1) is 10.2 Å². The molecule has 0 amide bonds. The van der Waals surface area contributed by atoms with E-state index >= 15 is 0 Å². The van der Waals surface area contributed by atoms with E-state index in [4.69, 9.17) is 9.15 Å². The van der Waals surface area contributed by atoms with Crippen LogP contribution in [-0.4, -0.2) is 23.3 Å². The summed E-state index contributed by atoms with van der Waals surface area (Å²) in [6.07, 6.45) is 3.29. The third kappa shape index (κ3) is 4.86. The summed E-state index contributed by atoms with van der Waals surface area (Å²) in [6, 6.07) is 7.75. The molecule has 5 heteroatoms. The van der Waals surface area contributed by atoms with Gasteiger partial charge in [0.05, 0.1) is 13.2 Å². The van der Waals surface area contributed by atoms with Crippen molar-refractivity contribution < 1.29 is 9.15 Å². The summed E-state index contributed by atoms with van der Waals surface area (Å²) in [5.74, 6) is 2.03. The fourth-order valence-corrected chi connectivity index (χ4v) is 1.84. The van der Waals surface area contributed by atoms with E-state index in [0.29, 0.717) is 18.3 Å². The number of hydrogen-bond donors (Lipinski definition) is 1. The molecule has 0 aliphatic rings. The molecule has 0 radical (unpaired) electrons. The van der Waals surface area contributed by atoms with Crippen molar-refractivity contribution in [3.8, 4) is 17.2 Å². The van der Waals surface area contributed by atoms with Gasteiger partial charge >= 0.3 is 0 Å². The number of nitrogens with one attached hydrogen (secondary N) is 1. The van der Waals surface area contributed by atoms with Crippen molar-refractivity contribution in [1.82, 2.24) is 15.5 Å². The molecule has 0 atom stereocenters. The molecule has 0 saturated carbocycles. The molecule has 0 bridgehead atoms. The van der Waals surface area contributed by atoms with Crippen molar-refractivity contribution in [3.05, 3.63) is 30.2 Å². The standard InChI is InChI=1S/C16H23N3O2/c1-3-5-11-20-14-8-6-13(7-9-14)16-19-18-15(21-16)12-17-10-4-2/h6-9,17H,3-5,10-12H2,1-2H3. The van der Waals surface area contributed by atoms with Crippen molar-refractivity contribution in [2.24, 2.45) is 0 Å². The van der Waals surface area contributed by atoms with E-state index in [2.05, 4.69) is 29.4 Å². The Hall–Kier alpha value is -1.88. The number of hydrogen-bond acceptors (Lipinski definition) is 5. The number of nitrogens with zero attached hydrogens (tertiary/aromatic N) is 2. The molecule has 1 heterocycles. The topological polar surface area (TPSA) is 60.2 Å². The van der Waals surface area contributed by atoms with Gasteiger partial charge < -0.3 is 14.5 Å². The Morgan fingerprint density at radius 2 is 1.90 bits per heavy atom. The van der Waals surface area contributed by atoms with Crippen LogP contribution in [0.5, 0.6) is 5.75 Å². The first-order valence-corrected chi connectivity index (χ1v) is 7.59. The third-order valence-corrected chi connectivity index (χ3v) is 3.04. The van der Waals surface area contributed by atoms with Crippen LogP contribution in [0.4, 0.5) is 0 Å². The lowest BCUT2D eigenvalue weighted by Crippen LogP contribution is -2.13. The Kier molecular flexibility index (Phi) is 6.22. The minimum atomic E-state index is 0.545. The van der Waals surface area contributed by atoms with E-state index in [1.165, 1.54) is 0 Å². The lowest BCUT2D eigenvalue weighted by atomic mass is 10.2.